The summed E-state index contributed by atoms with van der Waals surface area (Å²) in [4.78, 5) is 14.9. The third kappa shape index (κ3) is 5.72. The Bertz CT molecular complexity index is 1400. The summed E-state index contributed by atoms with van der Waals surface area (Å²) in [5, 5.41) is 9.92. The van der Waals surface area contributed by atoms with Crippen molar-refractivity contribution in [2.45, 2.75) is 123 Å². The zero-order valence-electron chi connectivity index (χ0n) is 27.8. The molecule has 7 rings (SSSR count). The lowest BCUT2D eigenvalue weighted by atomic mass is 9.55. The molecule has 0 amide bonds. The highest BCUT2D eigenvalue weighted by Gasteiger charge is 2.53. The molecule has 2 aromatic rings. The van der Waals surface area contributed by atoms with Crippen molar-refractivity contribution in [1.29, 1.82) is 5.26 Å². The van der Waals surface area contributed by atoms with Crippen LogP contribution in [0.25, 0.3) is 0 Å². The van der Waals surface area contributed by atoms with Crippen molar-refractivity contribution in [3.05, 3.63) is 45.9 Å². The number of aryl methyl sites for hydroxylation is 2. The number of anilines is 2. The van der Waals surface area contributed by atoms with Gasteiger partial charge in [-0.2, -0.15) is 5.26 Å². The summed E-state index contributed by atoms with van der Waals surface area (Å²) in [5.74, 6) is 4.14. The number of alkyl halides is 1. The van der Waals surface area contributed by atoms with Crippen LogP contribution in [-0.2, 0) is 25.7 Å². The lowest BCUT2D eigenvalue weighted by molar-refractivity contribution is -0.00112. The monoisotopic (exact) mass is 600 g/mol. The molecular weight excluding hydrogens is 547 g/mol. The van der Waals surface area contributed by atoms with Crippen LogP contribution in [0.1, 0.15) is 119 Å². The van der Waals surface area contributed by atoms with Gasteiger partial charge in [0.1, 0.15) is 23.9 Å². The van der Waals surface area contributed by atoms with Gasteiger partial charge in [0.2, 0.25) is 0 Å². The largest absolute Gasteiger partial charge is 0.398 e. The SMILES string of the molecule is CC12CCCN1CC(F)C2.CCCc1ccc(N)c(C#N)c1C1CCc2c(nc(CC)nc2N2CC3(CC(C(C)C)C3)C2)C1. The zero-order chi connectivity index (χ0) is 31.2. The minimum absolute atomic E-state index is 0.236. The first-order chi connectivity index (χ1) is 21.1. The Labute approximate surface area is 264 Å². The van der Waals surface area contributed by atoms with E-state index >= 15 is 0 Å². The van der Waals surface area contributed by atoms with E-state index in [4.69, 9.17) is 15.7 Å². The van der Waals surface area contributed by atoms with Crippen molar-refractivity contribution in [1.82, 2.24) is 14.9 Å². The molecule has 1 saturated carbocycles. The van der Waals surface area contributed by atoms with E-state index in [9.17, 15) is 9.65 Å². The first-order valence-electron chi connectivity index (χ1n) is 17.4. The molecule has 3 unspecified atom stereocenters. The number of halogens is 1. The summed E-state index contributed by atoms with van der Waals surface area (Å²) in [6.45, 7) is 15.4. The van der Waals surface area contributed by atoms with Gasteiger partial charge in [-0.1, -0.05) is 40.2 Å². The molecule has 238 valence electrons. The normalized spacial score (nSPS) is 27.3. The van der Waals surface area contributed by atoms with Crippen molar-refractivity contribution in [3.8, 4) is 6.07 Å². The van der Waals surface area contributed by atoms with E-state index < -0.39 is 6.17 Å². The first-order valence-corrected chi connectivity index (χ1v) is 17.4. The molecule has 0 radical (unpaired) electrons. The van der Waals surface area contributed by atoms with Crippen molar-refractivity contribution in [2.24, 2.45) is 17.3 Å². The quantitative estimate of drug-likeness (QED) is 0.354. The van der Waals surface area contributed by atoms with E-state index in [1.165, 1.54) is 53.9 Å². The van der Waals surface area contributed by atoms with E-state index in [1.807, 2.05) is 6.07 Å². The molecule has 7 heteroatoms. The summed E-state index contributed by atoms with van der Waals surface area (Å²) in [6.07, 6.45) is 11.2. The Kier molecular flexibility index (Phi) is 8.69. The fourth-order valence-corrected chi connectivity index (χ4v) is 9.17. The van der Waals surface area contributed by atoms with Gasteiger partial charge >= 0.3 is 0 Å². The molecule has 4 heterocycles. The summed E-state index contributed by atoms with van der Waals surface area (Å²) in [7, 11) is 0. The Hall–Kier alpha value is -2.72. The molecule has 5 aliphatic rings. The first kappa shape index (κ1) is 31.3. The van der Waals surface area contributed by atoms with Crippen LogP contribution in [0.5, 0.6) is 0 Å². The molecule has 1 spiro atoms. The summed E-state index contributed by atoms with van der Waals surface area (Å²) in [5.41, 5.74) is 13.3. The van der Waals surface area contributed by atoms with Crippen molar-refractivity contribution in [3.63, 3.8) is 0 Å². The number of nitrogen functional groups attached to an aromatic ring is 1. The van der Waals surface area contributed by atoms with Crippen LogP contribution in [0.3, 0.4) is 0 Å². The van der Waals surface area contributed by atoms with Crippen molar-refractivity contribution in [2.75, 3.05) is 36.8 Å². The van der Waals surface area contributed by atoms with Gasteiger partial charge in [0.05, 0.1) is 11.3 Å². The van der Waals surface area contributed by atoms with E-state index in [0.717, 1.165) is 82.2 Å². The standard InChI is InChI=1S/C29H39N5.C8H14FN/c1-5-7-19-9-11-24(31)23(15-30)27(19)20-8-10-22-25(12-20)32-26(6-2)33-28(22)34-16-29(17-34)13-21(14-29)18(3)4;1-8-3-2-4-10(8)6-7(9)5-8/h9,11,18,20-21H,5-8,10,12-14,16-17,31H2,1-4H3;7H,2-6H2,1H3. The molecular formula is C37H53FN6. The van der Waals surface area contributed by atoms with Crippen LogP contribution in [0.15, 0.2) is 12.1 Å². The highest BCUT2D eigenvalue weighted by atomic mass is 19.1. The second-order valence-corrected chi connectivity index (χ2v) is 15.3. The molecule has 1 aromatic carbocycles. The molecule has 4 fully saturated rings. The average Bonchev–Trinajstić information content (AvgIpc) is 3.44. The molecule has 3 aliphatic heterocycles. The van der Waals surface area contributed by atoms with Crippen LogP contribution >= 0.6 is 0 Å². The lowest BCUT2D eigenvalue weighted by Crippen LogP contribution is -2.63. The molecule has 44 heavy (non-hydrogen) atoms. The smallest absolute Gasteiger partial charge is 0.135 e. The van der Waals surface area contributed by atoms with E-state index in [0.29, 0.717) is 29.1 Å². The number of benzene rings is 1. The topological polar surface area (TPSA) is 82.1 Å². The minimum atomic E-state index is -0.551. The zero-order valence-corrected chi connectivity index (χ0v) is 27.8. The number of hydrogen-bond donors (Lipinski definition) is 1. The number of hydrogen-bond acceptors (Lipinski definition) is 6. The third-order valence-corrected chi connectivity index (χ3v) is 11.7. The highest BCUT2D eigenvalue weighted by molar-refractivity contribution is 5.62. The predicted octanol–water partition coefficient (Wildman–Crippen LogP) is 7.17. The third-order valence-electron chi connectivity index (χ3n) is 11.7. The number of nitrogens with zero attached hydrogens (tertiary/aromatic N) is 5. The molecule has 1 aromatic heterocycles. The van der Waals surface area contributed by atoms with Gasteiger partial charge in [-0.15, -0.1) is 0 Å². The molecule has 0 bridgehead atoms. The van der Waals surface area contributed by atoms with Crippen LogP contribution < -0.4 is 10.6 Å². The minimum Gasteiger partial charge on any atom is -0.398 e. The Morgan fingerprint density at radius 1 is 1.16 bits per heavy atom. The van der Waals surface area contributed by atoms with Gasteiger partial charge in [0.25, 0.3) is 0 Å². The Balaban J connectivity index is 0.000000289. The van der Waals surface area contributed by atoms with Crippen LogP contribution in [0.4, 0.5) is 15.9 Å². The number of rotatable bonds is 6. The maximum atomic E-state index is 12.8. The number of fused-ring (bicyclic) bond motifs is 2. The number of nitriles is 1. The van der Waals surface area contributed by atoms with Gasteiger partial charge in [0, 0.05) is 48.3 Å². The molecule has 3 atom stereocenters. The fourth-order valence-electron chi connectivity index (χ4n) is 9.17. The van der Waals surface area contributed by atoms with Crippen LogP contribution in [0, 0.1) is 28.6 Å². The average molecular weight is 601 g/mol. The number of nitrogens with two attached hydrogens (primary N) is 1. The molecule has 3 saturated heterocycles. The van der Waals surface area contributed by atoms with E-state index in [1.54, 1.807) is 0 Å². The number of aromatic nitrogens is 2. The Morgan fingerprint density at radius 2 is 1.93 bits per heavy atom. The van der Waals surface area contributed by atoms with Crippen molar-refractivity contribution < 1.29 is 4.39 Å². The maximum Gasteiger partial charge on any atom is 0.135 e. The molecule has 2 aliphatic carbocycles. The van der Waals surface area contributed by atoms with Gasteiger partial charge < -0.3 is 10.6 Å². The fraction of sp³-hybridized carbons (Fsp3) is 0.703. The van der Waals surface area contributed by atoms with Gasteiger partial charge in [-0.25, -0.2) is 14.4 Å². The second-order valence-electron chi connectivity index (χ2n) is 15.3. The summed E-state index contributed by atoms with van der Waals surface area (Å²) in [6, 6.07) is 6.46. The summed E-state index contributed by atoms with van der Waals surface area (Å²) >= 11 is 0. The van der Waals surface area contributed by atoms with Crippen LogP contribution in [-0.4, -0.2) is 52.8 Å². The second kappa shape index (κ2) is 12.2. The van der Waals surface area contributed by atoms with Crippen molar-refractivity contribution >= 4 is 11.5 Å². The Morgan fingerprint density at radius 3 is 2.59 bits per heavy atom. The van der Waals surface area contributed by atoms with Gasteiger partial charge in [0.15, 0.2) is 0 Å². The van der Waals surface area contributed by atoms with Gasteiger partial charge in [-0.3, -0.25) is 4.90 Å². The maximum absolute atomic E-state index is 12.8. The van der Waals surface area contributed by atoms with Gasteiger partial charge in [-0.05, 0) is 106 Å². The predicted molar refractivity (Wildman–Crippen MR) is 177 cm³/mol. The molecule has 2 N–H and O–H groups in total. The van der Waals surface area contributed by atoms with Crippen LogP contribution in [0.2, 0.25) is 0 Å². The summed E-state index contributed by atoms with van der Waals surface area (Å²) < 4.78 is 12.8. The lowest BCUT2D eigenvalue weighted by Gasteiger charge is -2.61. The van der Waals surface area contributed by atoms with E-state index in [2.05, 4.69) is 56.6 Å². The highest BCUT2D eigenvalue weighted by Crippen LogP contribution is 2.55. The van der Waals surface area contributed by atoms with E-state index in [-0.39, 0.29) is 5.54 Å². The molecule has 6 nitrogen and oxygen atoms in total.